The van der Waals surface area contributed by atoms with E-state index < -0.39 is 8.32 Å². The first-order chi connectivity index (χ1) is 13.5. The van der Waals surface area contributed by atoms with Crippen LogP contribution in [-0.4, -0.2) is 14.4 Å². The van der Waals surface area contributed by atoms with E-state index in [-0.39, 0.29) is 5.04 Å². The standard InChI is InChI=1S/C26H43NOSi/c1-11-14-15-17-22(5)27(23(13-3)16-12-2)24-19-18-21(4)25(20-24)28-29(9,10)26(6,7)8/h12-13,16,18-20,22H,2-3,11,14-15,17H2,1,4-10H3/b23-16+. The molecule has 0 bridgehead atoms. The third kappa shape index (κ3) is 6.92. The van der Waals surface area contributed by atoms with Crippen molar-refractivity contribution in [2.24, 2.45) is 0 Å². The smallest absolute Gasteiger partial charge is 0.250 e. The van der Waals surface area contributed by atoms with Crippen LogP contribution in [0.4, 0.5) is 5.69 Å². The Balaban J connectivity index is 3.37. The van der Waals surface area contributed by atoms with Crippen LogP contribution in [-0.2, 0) is 0 Å². The molecule has 1 rings (SSSR count). The minimum absolute atomic E-state index is 0.164. The van der Waals surface area contributed by atoms with Gasteiger partial charge in [0, 0.05) is 23.5 Å². The minimum atomic E-state index is -1.91. The van der Waals surface area contributed by atoms with Gasteiger partial charge < -0.3 is 9.33 Å². The lowest BCUT2D eigenvalue weighted by atomic mass is 10.1. The number of rotatable bonds is 11. The zero-order valence-electron chi connectivity index (χ0n) is 20.1. The third-order valence-corrected chi connectivity index (χ3v) is 10.4. The second-order valence-corrected chi connectivity index (χ2v) is 14.3. The maximum atomic E-state index is 6.69. The molecule has 1 aromatic rings. The van der Waals surface area contributed by atoms with E-state index in [1.807, 2.05) is 18.2 Å². The quantitative estimate of drug-likeness (QED) is 0.205. The average molecular weight is 414 g/mol. The topological polar surface area (TPSA) is 12.5 Å². The fourth-order valence-corrected chi connectivity index (χ4v) is 4.20. The molecule has 0 fully saturated rings. The van der Waals surface area contributed by atoms with Crippen molar-refractivity contribution >= 4 is 14.0 Å². The van der Waals surface area contributed by atoms with Gasteiger partial charge in [0.25, 0.3) is 0 Å². The first kappa shape index (κ1) is 25.3. The molecule has 1 aromatic carbocycles. The van der Waals surface area contributed by atoms with Crippen molar-refractivity contribution in [1.29, 1.82) is 0 Å². The van der Waals surface area contributed by atoms with Crippen LogP contribution in [0, 0.1) is 6.92 Å². The van der Waals surface area contributed by atoms with Crippen LogP contribution < -0.4 is 9.33 Å². The van der Waals surface area contributed by atoms with E-state index in [0.29, 0.717) is 6.04 Å². The van der Waals surface area contributed by atoms with E-state index >= 15 is 0 Å². The number of aryl methyl sites for hydroxylation is 1. The van der Waals surface area contributed by atoms with Gasteiger partial charge in [-0.25, -0.2) is 0 Å². The normalized spacial score (nSPS) is 13.7. The highest BCUT2D eigenvalue weighted by molar-refractivity contribution is 6.74. The summed E-state index contributed by atoms with van der Waals surface area (Å²) in [5.74, 6) is 1.00. The van der Waals surface area contributed by atoms with Crippen molar-refractivity contribution in [3.63, 3.8) is 0 Å². The Morgan fingerprint density at radius 2 is 1.86 bits per heavy atom. The Morgan fingerprint density at radius 3 is 2.38 bits per heavy atom. The summed E-state index contributed by atoms with van der Waals surface area (Å²) in [6.45, 7) is 26.1. The predicted octanol–water partition coefficient (Wildman–Crippen LogP) is 8.41. The van der Waals surface area contributed by atoms with E-state index in [1.54, 1.807) is 0 Å². The molecule has 0 saturated carbocycles. The third-order valence-electron chi connectivity index (χ3n) is 6.06. The van der Waals surface area contributed by atoms with Crippen molar-refractivity contribution in [3.8, 4) is 5.75 Å². The van der Waals surface area contributed by atoms with Crippen molar-refractivity contribution in [2.75, 3.05) is 4.90 Å². The van der Waals surface area contributed by atoms with Gasteiger partial charge in [-0.3, -0.25) is 0 Å². The van der Waals surface area contributed by atoms with E-state index in [2.05, 4.69) is 90.9 Å². The van der Waals surface area contributed by atoms with Crippen LogP contribution in [0.2, 0.25) is 18.1 Å². The maximum Gasteiger partial charge on any atom is 0.250 e. The Hall–Kier alpha value is -1.74. The van der Waals surface area contributed by atoms with Gasteiger partial charge in [0.2, 0.25) is 8.32 Å². The lowest BCUT2D eigenvalue weighted by molar-refractivity contribution is 0.489. The highest BCUT2D eigenvalue weighted by atomic mass is 28.4. The average Bonchev–Trinajstić information content (AvgIpc) is 2.62. The Bertz CT molecular complexity index is 712. The van der Waals surface area contributed by atoms with Crippen molar-refractivity contribution < 1.29 is 4.43 Å². The summed E-state index contributed by atoms with van der Waals surface area (Å²) in [4.78, 5) is 2.38. The molecule has 0 spiro atoms. The first-order valence-corrected chi connectivity index (χ1v) is 13.9. The second kappa shape index (κ2) is 10.9. The molecular weight excluding hydrogens is 370 g/mol. The van der Waals surface area contributed by atoms with Crippen LogP contribution in [0.3, 0.4) is 0 Å². The molecule has 1 atom stereocenters. The van der Waals surface area contributed by atoms with Crippen molar-refractivity contribution in [2.45, 2.75) is 91.4 Å². The fraction of sp³-hybridized carbons (Fsp3) is 0.538. The molecule has 0 aliphatic carbocycles. The molecule has 0 aromatic heterocycles. The lowest BCUT2D eigenvalue weighted by Crippen LogP contribution is -2.44. The molecule has 1 unspecified atom stereocenters. The van der Waals surface area contributed by atoms with Gasteiger partial charge in [0.05, 0.1) is 0 Å². The molecule has 0 radical (unpaired) electrons. The Labute approximate surface area is 181 Å². The molecule has 0 amide bonds. The molecule has 162 valence electrons. The molecule has 3 heteroatoms. The van der Waals surface area contributed by atoms with Gasteiger partial charge in [0.1, 0.15) is 5.75 Å². The Kier molecular flexibility index (Phi) is 9.48. The zero-order chi connectivity index (χ0) is 22.2. The SMILES string of the molecule is C=C/C=C(\C=C)N(c1ccc(C)c(O[Si](C)(C)C(C)(C)C)c1)C(C)CCCCC. The first-order valence-electron chi connectivity index (χ1n) is 11.0. The largest absolute Gasteiger partial charge is 0.543 e. The van der Waals surface area contributed by atoms with E-state index in [9.17, 15) is 0 Å². The number of hydrogen-bond donors (Lipinski definition) is 0. The van der Waals surface area contributed by atoms with Gasteiger partial charge in [0.15, 0.2) is 0 Å². The van der Waals surface area contributed by atoms with Gasteiger partial charge in [-0.05, 0) is 62.2 Å². The summed E-state index contributed by atoms with van der Waals surface area (Å²) >= 11 is 0. The number of hydrogen-bond acceptors (Lipinski definition) is 2. The highest BCUT2D eigenvalue weighted by Gasteiger charge is 2.39. The van der Waals surface area contributed by atoms with Crippen LogP contribution in [0.5, 0.6) is 5.75 Å². The maximum absolute atomic E-state index is 6.69. The van der Waals surface area contributed by atoms with Crippen molar-refractivity contribution in [3.05, 3.63) is 60.8 Å². The van der Waals surface area contributed by atoms with Crippen LogP contribution in [0.25, 0.3) is 0 Å². The van der Waals surface area contributed by atoms with Gasteiger partial charge in [-0.15, -0.1) is 0 Å². The van der Waals surface area contributed by atoms with Gasteiger partial charge in [-0.2, -0.15) is 0 Å². The van der Waals surface area contributed by atoms with E-state index in [4.69, 9.17) is 4.43 Å². The number of nitrogens with zero attached hydrogens (tertiary/aromatic N) is 1. The number of unbranched alkanes of at least 4 members (excludes halogenated alkanes) is 2. The monoisotopic (exact) mass is 413 g/mol. The number of benzene rings is 1. The summed E-state index contributed by atoms with van der Waals surface area (Å²) in [6.07, 6.45) is 10.7. The summed E-state index contributed by atoms with van der Waals surface area (Å²) in [5.41, 5.74) is 3.41. The molecule has 0 aliphatic heterocycles. The van der Waals surface area contributed by atoms with Gasteiger partial charge >= 0.3 is 0 Å². The molecule has 0 saturated heterocycles. The van der Waals surface area contributed by atoms with Crippen molar-refractivity contribution in [1.82, 2.24) is 0 Å². The summed E-state index contributed by atoms with van der Waals surface area (Å²) in [7, 11) is -1.91. The van der Waals surface area contributed by atoms with Crippen LogP contribution in [0.15, 0.2) is 55.3 Å². The molecule has 0 aliphatic rings. The van der Waals surface area contributed by atoms with Crippen LogP contribution >= 0.6 is 0 Å². The molecule has 2 nitrogen and oxygen atoms in total. The summed E-state index contributed by atoms with van der Waals surface area (Å²) < 4.78 is 6.69. The molecule has 0 N–H and O–H groups in total. The molecule has 0 heterocycles. The van der Waals surface area contributed by atoms with E-state index in [0.717, 1.165) is 23.6 Å². The second-order valence-electron chi connectivity index (χ2n) is 9.56. The minimum Gasteiger partial charge on any atom is -0.543 e. The highest BCUT2D eigenvalue weighted by Crippen LogP contribution is 2.39. The predicted molar refractivity (Wildman–Crippen MR) is 134 cm³/mol. The zero-order valence-corrected chi connectivity index (χ0v) is 21.1. The molecule has 29 heavy (non-hydrogen) atoms. The summed E-state index contributed by atoms with van der Waals surface area (Å²) in [5, 5.41) is 0.164. The Morgan fingerprint density at radius 1 is 1.21 bits per heavy atom. The molecular formula is C26H43NOSi. The lowest BCUT2D eigenvalue weighted by Gasteiger charge is -2.38. The van der Waals surface area contributed by atoms with Crippen LogP contribution in [0.1, 0.15) is 65.9 Å². The van der Waals surface area contributed by atoms with E-state index in [1.165, 1.54) is 24.8 Å². The summed E-state index contributed by atoms with van der Waals surface area (Å²) in [6, 6.07) is 6.96. The number of anilines is 1. The number of allylic oxidation sites excluding steroid dienone is 3. The fourth-order valence-electron chi connectivity index (χ4n) is 3.12. The van der Waals surface area contributed by atoms with Gasteiger partial charge in [-0.1, -0.05) is 72.3 Å².